The van der Waals surface area contributed by atoms with E-state index in [4.69, 9.17) is 5.11 Å². The van der Waals surface area contributed by atoms with Crippen molar-refractivity contribution >= 4 is 12.0 Å². The second kappa shape index (κ2) is 7.03. The number of amides is 2. The molecule has 1 aromatic heterocycles. The van der Waals surface area contributed by atoms with E-state index in [0.717, 1.165) is 5.56 Å². The second-order valence-corrected chi connectivity index (χ2v) is 5.05. The van der Waals surface area contributed by atoms with Gasteiger partial charge >= 0.3 is 12.0 Å². The lowest BCUT2D eigenvalue weighted by Gasteiger charge is -2.36. The highest BCUT2D eigenvalue weighted by molar-refractivity contribution is 5.75. The Balaban J connectivity index is 1.77. The molecule has 2 rings (SSSR count). The van der Waals surface area contributed by atoms with Crippen LogP contribution >= 0.6 is 0 Å². The number of piperazine rings is 1. The summed E-state index contributed by atoms with van der Waals surface area (Å²) in [5, 5.41) is 11.8. The molecule has 2 heterocycles. The highest BCUT2D eigenvalue weighted by Crippen LogP contribution is 2.07. The van der Waals surface area contributed by atoms with Gasteiger partial charge in [-0.05, 0) is 24.6 Å². The smallest absolute Gasteiger partial charge is 0.320 e. The van der Waals surface area contributed by atoms with E-state index in [-0.39, 0.29) is 6.03 Å². The Labute approximate surface area is 123 Å². The molecule has 0 spiro atoms. The Hall–Kier alpha value is -2.15. The van der Waals surface area contributed by atoms with Crippen LogP contribution in [0.5, 0.6) is 0 Å². The van der Waals surface area contributed by atoms with Crippen molar-refractivity contribution in [2.45, 2.75) is 19.5 Å². The maximum Gasteiger partial charge on any atom is 0.320 e. The minimum atomic E-state index is -0.828. The van der Waals surface area contributed by atoms with Crippen molar-refractivity contribution in [3.05, 3.63) is 30.1 Å². The van der Waals surface area contributed by atoms with Gasteiger partial charge < -0.3 is 15.3 Å². The molecule has 7 nitrogen and oxygen atoms in total. The third kappa shape index (κ3) is 4.16. The molecule has 1 saturated heterocycles. The molecule has 0 aromatic carbocycles. The van der Waals surface area contributed by atoms with Gasteiger partial charge in [0.1, 0.15) is 6.04 Å². The molecular formula is C14H20N4O3. The number of carboxylic acid groups (broad SMARTS) is 1. The van der Waals surface area contributed by atoms with Gasteiger partial charge in [-0.3, -0.25) is 14.7 Å². The summed E-state index contributed by atoms with van der Waals surface area (Å²) in [5.41, 5.74) is 0.997. The lowest BCUT2D eigenvalue weighted by molar-refractivity contribution is -0.143. The minimum Gasteiger partial charge on any atom is -0.480 e. The molecule has 1 unspecified atom stereocenters. The van der Waals surface area contributed by atoms with E-state index in [2.05, 4.69) is 10.3 Å². The van der Waals surface area contributed by atoms with Gasteiger partial charge in [-0.25, -0.2) is 4.79 Å². The Morgan fingerprint density at radius 2 is 1.90 bits per heavy atom. The van der Waals surface area contributed by atoms with Crippen molar-refractivity contribution in [2.24, 2.45) is 0 Å². The molecule has 1 atom stereocenters. The van der Waals surface area contributed by atoms with Crippen molar-refractivity contribution in [3.8, 4) is 0 Å². The van der Waals surface area contributed by atoms with Crippen LogP contribution in [0, 0.1) is 0 Å². The molecule has 0 aliphatic carbocycles. The summed E-state index contributed by atoms with van der Waals surface area (Å²) in [7, 11) is 0. The molecule has 0 bridgehead atoms. The van der Waals surface area contributed by atoms with Crippen molar-refractivity contribution < 1.29 is 14.7 Å². The number of hydrogen-bond acceptors (Lipinski definition) is 4. The third-order valence-electron chi connectivity index (χ3n) is 3.70. The predicted molar refractivity (Wildman–Crippen MR) is 76.7 cm³/mol. The first-order valence-electron chi connectivity index (χ1n) is 6.96. The van der Waals surface area contributed by atoms with Crippen LogP contribution in [0.3, 0.4) is 0 Å². The van der Waals surface area contributed by atoms with Crippen LogP contribution in [0.4, 0.5) is 4.79 Å². The first kappa shape index (κ1) is 15.2. The Morgan fingerprint density at radius 1 is 1.29 bits per heavy atom. The summed E-state index contributed by atoms with van der Waals surface area (Å²) in [4.78, 5) is 30.5. The molecule has 7 heteroatoms. The van der Waals surface area contributed by atoms with Gasteiger partial charge in [0.2, 0.25) is 0 Å². The van der Waals surface area contributed by atoms with Gasteiger partial charge in [0.25, 0.3) is 0 Å². The van der Waals surface area contributed by atoms with E-state index >= 15 is 0 Å². The van der Waals surface area contributed by atoms with E-state index in [1.165, 1.54) is 0 Å². The summed E-state index contributed by atoms with van der Waals surface area (Å²) >= 11 is 0. The number of carbonyl (C=O) groups excluding carboxylic acids is 1. The number of carbonyl (C=O) groups is 2. The zero-order valence-electron chi connectivity index (χ0n) is 12.0. The molecule has 1 aromatic rings. The largest absolute Gasteiger partial charge is 0.480 e. The monoisotopic (exact) mass is 292 g/mol. The highest BCUT2D eigenvalue weighted by Gasteiger charge is 2.26. The number of hydrogen-bond donors (Lipinski definition) is 2. The summed E-state index contributed by atoms with van der Waals surface area (Å²) in [6.07, 6.45) is 3.38. The maximum absolute atomic E-state index is 12.0. The van der Waals surface area contributed by atoms with Crippen LogP contribution in [0.25, 0.3) is 0 Å². The summed E-state index contributed by atoms with van der Waals surface area (Å²) in [6, 6.07) is 3.08. The van der Waals surface area contributed by atoms with Gasteiger partial charge in [0.15, 0.2) is 0 Å². The number of carboxylic acids is 1. The molecule has 0 saturated carbocycles. The number of nitrogens with one attached hydrogen (secondary N) is 1. The number of urea groups is 1. The van der Waals surface area contributed by atoms with E-state index in [1.807, 2.05) is 17.0 Å². The number of aromatic nitrogens is 1. The van der Waals surface area contributed by atoms with Gasteiger partial charge in [-0.2, -0.15) is 0 Å². The van der Waals surface area contributed by atoms with E-state index < -0.39 is 12.0 Å². The fraction of sp³-hybridized carbons (Fsp3) is 0.500. The predicted octanol–water partition coefficient (Wildman–Crippen LogP) is 0.382. The molecular weight excluding hydrogens is 272 g/mol. The SMILES string of the molecule is CC(C(=O)O)N1CCN(C(=O)NCc2ccncc2)CC1. The Morgan fingerprint density at radius 3 is 2.48 bits per heavy atom. The number of pyridine rings is 1. The van der Waals surface area contributed by atoms with Crippen molar-refractivity contribution in [3.63, 3.8) is 0 Å². The van der Waals surface area contributed by atoms with Crippen molar-refractivity contribution in [2.75, 3.05) is 26.2 Å². The van der Waals surface area contributed by atoms with Crippen molar-refractivity contribution in [1.82, 2.24) is 20.1 Å². The minimum absolute atomic E-state index is 0.116. The molecule has 2 N–H and O–H groups in total. The summed E-state index contributed by atoms with van der Waals surface area (Å²) < 4.78 is 0. The fourth-order valence-corrected chi connectivity index (χ4v) is 2.26. The average Bonchev–Trinajstić information content (AvgIpc) is 2.53. The summed E-state index contributed by atoms with van der Waals surface area (Å²) in [5.74, 6) is -0.828. The first-order valence-corrected chi connectivity index (χ1v) is 6.96. The van der Waals surface area contributed by atoms with Crippen LogP contribution in [-0.2, 0) is 11.3 Å². The van der Waals surface area contributed by atoms with E-state index in [0.29, 0.717) is 32.7 Å². The number of nitrogens with zero attached hydrogens (tertiary/aromatic N) is 3. The second-order valence-electron chi connectivity index (χ2n) is 5.05. The average molecular weight is 292 g/mol. The number of aliphatic carboxylic acids is 1. The zero-order chi connectivity index (χ0) is 15.2. The van der Waals surface area contributed by atoms with Crippen LogP contribution in [0.15, 0.2) is 24.5 Å². The number of rotatable bonds is 4. The van der Waals surface area contributed by atoms with Crippen LogP contribution in [0.2, 0.25) is 0 Å². The van der Waals surface area contributed by atoms with Gasteiger partial charge in [0, 0.05) is 45.1 Å². The van der Waals surface area contributed by atoms with Crippen LogP contribution in [0.1, 0.15) is 12.5 Å². The molecule has 21 heavy (non-hydrogen) atoms. The van der Waals surface area contributed by atoms with E-state index in [9.17, 15) is 9.59 Å². The standard InChI is InChI=1S/C14H20N4O3/c1-11(13(19)20)17-6-8-18(9-7-17)14(21)16-10-12-2-4-15-5-3-12/h2-5,11H,6-10H2,1H3,(H,16,21)(H,19,20). The third-order valence-corrected chi connectivity index (χ3v) is 3.70. The summed E-state index contributed by atoms with van der Waals surface area (Å²) in [6.45, 7) is 4.38. The lowest BCUT2D eigenvalue weighted by Crippen LogP contribution is -2.55. The molecule has 1 fully saturated rings. The molecule has 1 aliphatic rings. The Bertz CT molecular complexity index is 486. The Kier molecular flexibility index (Phi) is 5.10. The van der Waals surface area contributed by atoms with Gasteiger partial charge in [0.05, 0.1) is 0 Å². The first-order chi connectivity index (χ1) is 10.1. The lowest BCUT2D eigenvalue weighted by atomic mass is 10.2. The van der Waals surface area contributed by atoms with Crippen LogP contribution in [-0.4, -0.2) is 64.1 Å². The normalized spacial score (nSPS) is 17.3. The highest BCUT2D eigenvalue weighted by atomic mass is 16.4. The van der Waals surface area contributed by atoms with Gasteiger partial charge in [-0.1, -0.05) is 0 Å². The molecule has 0 radical (unpaired) electrons. The van der Waals surface area contributed by atoms with Crippen LogP contribution < -0.4 is 5.32 Å². The topological polar surface area (TPSA) is 85.8 Å². The van der Waals surface area contributed by atoms with E-state index in [1.54, 1.807) is 24.2 Å². The molecule has 114 valence electrons. The van der Waals surface area contributed by atoms with Gasteiger partial charge in [-0.15, -0.1) is 0 Å². The maximum atomic E-state index is 12.0. The molecule has 1 aliphatic heterocycles. The molecule has 2 amide bonds. The quantitative estimate of drug-likeness (QED) is 0.838. The fourth-order valence-electron chi connectivity index (χ4n) is 2.26. The zero-order valence-corrected chi connectivity index (χ0v) is 12.0. The van der Waals surface area contributed by atoms with Crippen molar-refractivity contribution in [1.29, 1.82) is 0 Å².